The van der Waals surface area contributed by atoms with E-state index in [-0.39, 0.29) is 4.21 Å². The Morgan fingerprint density at radius 1 is 1.24 bits per heavy atom. The number of rotatable bonds is 4. The van der Waals surface area contributed by atoms with Gasteiger partial charge in [-0.15, -0.1) is 23.1 Å². The first-order valence-corrected chi connectivity index (χ1v) is 10.4. The molecule has 0 bridgehead atoms. The molecular formula is C12H9ClN2O2S4. The second kappa shape index (κ2) is 5.77. The van der Waals surface area contributed by atoms with E-state index >= 15 is 0 Å². The van der Waals surface area contributed by atoms with Crippen molar-refractivity contribution in [3.63, 3.8) is 0 Å². The summed E-state index contributed by atoms with van der Waals surface area (Å²) in [5.74, 6) is 0. The van der Waals surface area contributed by atoms with E-state index in [2.05, 4.69) is 9.71 Å². The number of fused-ring (bicyclic) bond motifs is 1. The van der Waals surface area contributed by atoms with Crippen LogP contribution in [0.2, 0.25) is 4.34 Å². The lowest BCUT2D eigenvalue weighted by Gasteiger charge is -2.00. The van der Waals surface area contributed by atoms with Crippen molar-refractivity contribution in [1.82, 2.24) is 4.98 Å². The molecule has 0 aliphatic carbocycles. The van der Waals surface area contributed by atoms with E-state index in [1.54, 1.807) is 17.8 Å². The van der Waals surface area contributed by atoms with Crippen molar-refractivity contribution >= 4 is 71.4 Å². The Labute approximate surface area is 139 Å². The molecule has 0 aliphatic heterocycles. The number of hydrogen-bond donors (Lipinski definition) is 1. The Bertz CT molecular complexity index is 901. The first-order valence-electron chi connectivity index (χ1n) is 5.71. The van der Waals surface area contributed by atoms with Crippen LogP contribution in [0.4, 0.5) is 5.13 Å². The summed E-state index contributed by atoms with van der Waals surface area (Å²) in [7, 11) is -3.63. The summed E-state index contributed by atoms with van der Waals surface area (Å²) >= 11 is 9.74. The van der Waals surface area contributed by atoms with Crippen LogP contribution in [0.3, 0.4) is 0 Å². The number of thiazole rings is 1. The molecule has 3 aromatic rings. The molecule has 1 N–H and O–H groups in total. The number of hydrogen-bond acceptors (Lipinski definition) is 6. The van der Waals surface area contributed by atoms with Crippen molar-refractivity contribution < 1.29 is 8.42 Å². The molecule has 0 saturated heterocycles. The van der Waals surface area contributed by atoms with E-state index in [0.717, 1.165) is 26.4 Å². The maximum atomic E-state index is 12.2. The summed E-state index contributed by atoms with van der Waals surface area (Å²) in [6, 6.07) is 8.89. The highest BCUT2D eigenvalue weighted by atomic mass is 35.5. The van der Waals surface area contributed by atoms with Crippen LogP contribution < -0.4 is 4.72 Å². The number of benzene rings is 1. The van der Waals surface area contributed by atoms with Crippen molar-refractivity contribution in [1.29, 1.82) is 0 Å². The predicted octanol–water partition coefficient (Wildman–Crippen LogP) is 4.53. The topological polar surface area (TPSA) is 59.1 Å². The molecule has 0 saturated carbocycles. The van der Waals surface area contributed by atoms with Gasteiger partial charge in [0, 0.05) is 4.90 Å². The minimum Gasteiger partial charge on any atom is -0.254 e. The number of thiophene rings is 1. The zero-order valence-electron chi connectivity index (χ0n) is 10.7. The van der Waals surface area contributed by atoms with Crippen molar-refractivity contribution in [2.24, 2.45) is 0 Å². The zero-order chi connectivity index (χ0) is 15.0. The molecule has 4 nitrogen and oxygen atoms in total. The summed E-state index contributed by atoms with van der Waals surface area (Å²) in [5.41, 5.74) is 0.778. The highest BCUT2D eigenvalue weighted by Crippen LogP contribution is 2.32. The first kappa shape index (κ1) is 15.1. The van der Waals surface area contributed by atoms with E-state index in [0.29, 0.717) is 9.47 Å². The second-order valence-corrected chi connectivity index (χ2v) is 9.55. The average molecular weight is 377 g/mol. The zero-order valence-corrected chi connectivity index (χ0v) is 14.7. The Morgan fingerprint density at radius 3 is 2.71 bits per heavy atom. The van der Waals surface area contributed by atoms with Gasteiger partial charge in [-0.05, 0) is 36.6 Å². The van der Waals surface area contributed by atoms with Crippen LogP contribution in [0, 0.1) is 0 Å². The number of nitrogens with zero attached hydrogens (tertiary/aromatic N) is 1. The number of thioether (sulfide) groups is 1. The molecule has 0 radical (unpaired) electrons. The van der Waals surface area contributed by atoms with Crippen molar-refractivity contribution in [3.8, 4) is 0 Å². The van der Waals surface area contributed by atoms with Gasteiger partial charge < -0.3 is 0 Å². The molecule has 2 heterocycles. The van der Waals surface area contributed by atoms with E-state index < -0.39 is 10.0 Å². The highest BCUT2D eigenvalue weighted by Gasteiger charge is 2.18. The molecule has 0 unspecified atom stereocenters. The number of sulfonamides is 1. The molecule has 0 aliphatic rings. The third-order valence-electron chi connectivity index (χ3n) is 2.63. The normalized spacial score (nSPS) is 11.9. The maximum absolute atomic E-state index is 12.2. The summed E-state index contributed by atoms with van der Waals surface area (Å²) in [6.07, 6.45) is 1.99. The summed E-state index contributed by atoms with van der Waals surface area (Å²) < 4.78 is 28.5. The Hall–Kier alpha value is -0.800. The summed E-state index contributed by atoms with van der Waals surface area (Å²) in [5, 5.41) is 0.354. The molecule has 0 atom stereocenters. The van der Waals surface area contributed by atoms with Gasteiger partial charge in [0.1, 0.15) is 4.21 Å². The summed E-state index contributed by atoms with van der Waals surface area (Å²) in [4.78, 5) is 5.41. The number of halogens is 1. The number of aromatic nitrogens is 1. The molecule has 3 rings (SSSR count). The van der Waals surface area contributed by atoms with Crippen LogP contribution in [0.1, 0.15) is 0 Å². The molecule has 0 spiro atoms. The third-order valence-corrected chi connectivity index (χ3v) is 7.48. The molecule has 2 aromatic heterocycles. The Balaban J connectivity index is 1.94. The van der Waals surface area contributed by atoms with E-state index in [1.165, 1.54) is 17.4 Å². The van der Waals surface area contributed by atoms with Crippen molar-refractivity contribution in [2.75, 3.05) is 11.0 Å². The monoisotopic (exact) mass is 376 g/mol. The van der Waals surface area contributed by atoms with Gasteiger partial charge in [-0.1, -0.05) is 22.9 Å². The predicted molar refractivity (Wildman–Crippen MR) is 91.5 cm³/mol. The SMILES string of the molecule is CSc1ccc2nc(NS(=O)(=O)c3ccc(Cl)s3)sc2c1. The molecule has 110 valence electrons. The van der Waals surface area contributed by atoms with E-state index in [9.17, 15) is 8.42 Å². The Morgan fingerprint density at radius 2 is 2.05 bits per heavy atom. The van der Waals surface area contributed by atoms with Gasteiger partial charge in [-0.3, -0.25) is 4.72 Å². The van der Waals surface area contributed by atoms with E-state index in [1.807, 2.05) is 24.5 Å². The van der Waals surface area contributed by atoms with Gasteiger partial charge in [0.05, 0.1) is 14.6 Å². The lowest BCUT2D eigenvalue weighted by Crippen LogP contribution is -2.10. The fourth-order valence-electron chi connectivity index (χ4n) is 1.68. The van der Waals surface area contributed by atoms with Gasteiger partial charge in [0.25, 0.3) is 10.0 Å². The standard InChI is InChI=1S/C12H9ClN2O2S4/c1-18-7-2-3-8-9(6-7)19-12(14-8)15-21(16,17)11-5-4-10(13)20-11/h2-6H,1H3,(H,14,15). The largest absolute Gasteiger partial charge is 0.273 e. The number of nitrogens with one attached hydrogen (secondary N) is 1. The summed E-state index contributed by atoms with van der Waals surface area (Å²) in [6.45, 7) is 0. The molecule has 0 amide bonds. The quantitative estimate of drug-likeness (QED) is 0.679. The molecular weight excluding hydrogens is 368 g/mol. The smallest absolute Gasteiger partial charge is 0.254 e. The fourth-order valence-corrected chi connectivity index (χ4v) is 5.82. The minimum atomic E-state index is -3.63. The van der Waals surface area contributed by atoms with E-state index in [4.69, 9.17) is 11.6 Å². The molecule has 21 heavy (non-hydrogen) atoms. The van der Waals surface area contributed by atoms with Gasteiger partial charge in [-0.2, -0.15) is 0 Å². The molecule has 9 heteroatoms. The first-order chi connectivity index (χ1) is 9.98. The van der Waals surface area contributed by atoms with Crippen molar-refractivity contribution in [3.05, 3.63) is 34.7 Å². The van der Waals surface area contributed by atoms with Gasteiger partial charge in [0.2, 0.25) is 0 Å². The molecule has 0 fully saturated rings. The third kappa shape index (κ3) is 3.19. The number of anilines is 1. The second-order valence-electron chi connectivity index (χ2n) is 4.02. The highest BCUT2D eigenvalue weighted by molar-refractivity contribution is 7.98. The van der Waals surface area contributed by atoms with Gasteiger partial charge in [-0.25, -0.2) is 13.4 Å². The van der Waals surface area contributed by atoms with Crippen LogP contribution in [-0.2, 0) is 10.0 Å². The Kier molecular flexibility index (Phi) is 4.15. The van der Waals surface area contributed by atoms with Crippen LogP contribution >= 0.6 is 46.0 Å². The van der Waals surface area contributed by atoms with Gasteiger partial charge in [0.15, 0.2) is 5.13 Å². The minimum absolute atomic E-state index is 0.177. The van der Waals surface area contributed by atoms with Crippen LogP contribution in [0.15, 0.2) is 39.4 Å². The molecule has 1 aromatic carbocycles. The lowest BCUT2D eigenvalue weighted by molar-refractivity contribution is 0.603. The average Bonchev–Trinajstić information content (AvgIpc) is 3.03. The van der Waals surface area contributed by atoms with Crippen LogP contribution in [0.25, 0.3) is 10.2 Å². The van der Waals surface area contributed by atoms with Crippen LogP contribution in [0.5, 0.6) is 0 Å². The maximum Gasteiger partial charge on any atom is 0.273 e. The van der Waals surface area contributed by atoms with Gasteiger partial charge >= 0.3 is 0 Å². The van der Waals surface area contributed by atoms with Crippen molar-refractivity contribution in [2.45, 2.75) is 9.10 Å². The lowest BCUT2D eigenvalue weighted by atomic mass is 10.3. The van der Waals surface area contributed by atoms with Crippen LogP contribution in [-0.4, -0.2) is 19.7 Å². The fraction of sp³-hybridized carbons (Fsp3) is 0.0833.